The first-order chi connectivity index (χ1) is 11.4. The first-order valence-corrected chi connectivity index (χ1v) is 7.28. The molecule has 0 aliphatic rings. The molecule has 126 valence electrons. The summed E-state index contributed by atoms with van der Waals surface area (Å²) < 4.78 is 23.6. The van der Waals surface area contributed by atoms with Crippen molar-refractivity contribution in [2.45, 2.75) is 26.8 Å². The Morgan fingerprint density at radius 3 is 2.88 bits per heavy atom. The van der Waals surface area contributed by atoms with Gasteiger partial charge < -0.3 is 19.9 Å². The Morgan fingerprint density at radius 1 is 1.50 bits per heavy atom. The van der Waals surface area contributed by atoms with Crippen LogP contribution in [0.4, 0.5) is 14.9 Å². The molecular weight excluding hydrogens is 313 g/mol. The molecule has 6 nitrogen and oxygen atoms in total. The SMILES string of the molecule is C#CCOc1cc(F)ccc1NC(=O)N[C@H](C)c1c(C)noc1C. The van der Waals surface area contributed by atoms with Crippen LogP contribution in [0.5, 0.6) is 5.75 Å². The number of aryl methyl sites for hydroxylation is 2. The maximum atomic E-state index is 13.3. The van der Waals surface area contributed by atoms with Gasteiger partial charge in [-0.05, 0) is 32.9 Å². The summed E-state index contributed by atoms with van der Waals surface area (Å²) >= 11 is 0. The molecule has 2 amide bonds. The van der Waals surface area contributed by atoms with E-state index < -0.39 is 11.8 Å². The van der Waals surface area contributed by atoms with Gasteiger partial charge in [-0.2, -0.15) is 0 Å². The van der Waals surface area contributed by atoms with E-state index in [4.69, 9.17) is 15.7 Å². The van der Waals surface area contributed by atoms with Gasteiger partial charge in [0.1, 0.15) is 23.9 Å². The van der Waals surface area contributed by atoms with Crippen LogP contribution in [0.15, 0.2) is 22.7 Å². The van der Waals surface area contributed by atoms with Crippen molar-refractivity contribution in [3.8, 4) is 18.1 Å². The number of nitrogens with zero attached hydrogens (tertiary/aromatic N) is 1. The Bertz CT molecular complexity index is 760. The summed E-state index contributed by atoms with van der Waals surface area (Å²) in [6.45, 7) is 5.35. The van der Waals surface area contributed by atoms with Crippen LogP contribution in [-0.2, 0) is 0 Å². The number of hydrogen-bond acceptors (Lipinski definition) is 4. The van der Waals surface area contributed by atoms with Crippen molar-refractivity contribution < 1.29 is 18.4 Å². The summed E-state index contributed by atoms with van der Waals surface area (Å²) in [5.41, 5.74) is 1.84. The fourth-order valence-electron chi connectivity index (χ4n) is 2.37. The number of benzene rings is 1. The van der Waals surface area contributed by atoms with Crippen molar-refractivity contribution in [2.75, 3.05) is 11.9 Å². The maximum absolute atomic E-state index is 13.3. The predicted octanol–water partition coefficient (Wildman–Crippen LogP) is 3.33. The van der Waals surface area contributed by atoms with Gasteiger partial charge in [-0.3, -0.25) is 0 Å². The molecule has 0 radical (unpaired) electrons. The van der Waals surface area contributed by atoms with Crippen molar-refractivity contribution in [1.29, 1.82) is 0 Å². The molecule has 0 saturated carbocycles. The standard InChI is InChI=1S/C17H18FN3O3/c1-5-8-23-15-9-13(18)6-7-14(15)20-17(22)19-10(2)16-11(3)21-24-12(16)4/h1,6-7,9-10H,8H2,2-4H3,(H2,19,20,22)/t10-/m1/s1. The van der Waals surface area contributed by atoms with Crippen LogP contribution < -0.4 is 15.4 Å². The Hall–Kier alpha value is -3.01. The maximum Gasteiger partial charge on any atom is 0.319 e. The van der Waals surface area contributed by atoms with Gasteiger partial charge in [0.05, 0.1) is 17.4 Å². The lowest BCUT2D eigenvalue weighted by Gasteiger charge is -2.16. The van der Waals surface area contributed by atoms with Crippen LogP contribution >= 0.6 is 0 Å². The van der Waals surface area contributed by atoms with E-state index in [0.717, 1.165) is 11.6 Å². The number of rotatable bonds is 5. The number of anilines is 1. The first kappa shape index (κ1) is 17.3. The van der Waals surface area contributed by atoms with E-state index in [9.17, 15) is 9.18 Å². The highest BCUT2D eigenvalue weighted by molar-refractivity contribution is 5.91. The van der Waals surface area contributed by atoms with Gasteiger partial charge >= 0.3 is 6.03 Å². The minimum Gasteiger partial charge on any atom is -0.479 e. The lowest BCUT2D eigenvalue weighted by atomic mass is 10.1. The highest BCUT2D eigenvalue weighted by Crippen LogP contribution is 2.26. The zero-order chi connectivity index (χ0) is 17.7. The topological polar surface area (TPSA) is 76.4 Å². The minimum atomic E-state index is -0.489. The molecule has 0 aliphatic heterocycles. The van der Waals surface area contributed by atoms with Gasteiger partial charge in [0.15, 0.2) is 0 Å². The summed E-state index contributed by atoms with van der Waals surface area (Å²) in [7, 11) is 0. The highest BCUT2D eigenvalue weighted by Gasteiger charge is 2.19. The predicted molar refractivity (Wildman–Crippen MR) is 87.3 cm³/mol. The van der Waals surface area contributed by atoms with E-state index in [1.807, 2.05) is 6.92 Å². The Morgan fingerprint density at radius 2 is 2.25 bits per heavy atom. The van der Waals surface area contributed by atoms with Gasteiger partial charge in [-0.25, -0.2) is 9.18 Å². The third-order valence-electron chi connectivity index (χ3n) is 3.37. The van der Waals surface area contributed by atoms with Gasteiger partial charge in [-0.15, -0.1) is 6.42 Å². The number of amides is 2. The van der Waals surface area contributed by atoms with Crippen LogP contribution in [0.1, 0.15) is 30.0 Å². The number of carbonyl (C=O) groups excluding carboxylic acids is 1. The molecule has 2 aromatic rings. The number of terminal acetylenes is 1. The average molecular weight is 331 g/mol. The van der Waals surface area contributed by atoms with Gasteiger partial charge in [0, 0.05) is 11.6 Å². The minimum absolute atomic E-state index is 0.0325. The van der Waals surface area contributed by atoms with Crippen molar-refractivity contribution in [3.05, 3.63) is 41.0 Å². The quantitative estimate of drug-likeness (QED) is 0.824. The lowest BCUT2D eigenvalue weighted by molar-refractivity contribution is 0.249. The molecular formula is C17H18FN3O3. The van der Waals surface area contributed by atoms with E-state index in [1.54, 1.807) is 13.8 Å². The number of nitrogens with one attached hydrogen (secondary N) is 2. The second kappa shape index (κ2) is 7.51. The first-order valence-electron chi connectivity index (χ1n) is 7.28. The number of ether oxygens (including phenoxy) is 1. The highest BCUT2D eigenvalue weighted by atomic mass is 19.1. The molecule has 0 unspecified atom stereocenters. The second-order valence-electron chi connectivity index (χ2n) is 5.19. The summed E-state index contributed by atoms with van der Waals surface area (Å²) in [5.74, 6) is 2.60. The molecule has 0 fully saturated rings. The monoisotopic (exact) mass is 331 g/mol. The fourth-order valence-corrected chi connectivity index (χ4v) is 2.37. The van der Waals surface area contributed by atoms with Crippen molar-refractivity contribution >= 4 is 11.7 Å². The van der Waals surface area contributed by atoms with Crippen molar-refractivity contribution in [3.63, 3.8) is 0 Å². The van der Waals surface area contributed by atoms with Crippen LogP contribution in [0, 0.1) is 32.0 Å². The van der Waals surface area contributed by atoms with E-state index in [-0.39, 0.29) is 18.4 Å². The molecule has 1 heterocycles. The Labute approximate surface area is 139 Å². The van der Waals surface area contributed by atoms with E-state index >= 15 is 0 Å². The smallest absolute Gasteiger partial charge is 0.319 e. The molecule has 24 heavy (non-hydrogen) atoms. The number of halogens is 1. The van der Waals surface area contributed by atoms with Gasteiger partial charge in [0.25, 0.3) is 0 Å². The summed E-state index contributed by atoms with van der Waals surface area (Å²) in [6, 6.07) is 2.99. The Kier molecular flexibility index (Phi) is 5.42. The third kappa shape index (κ3) is 4.04. The van der Waals surface area contributed by atoms with Crippen LogP contribution in [-0.4, -0.2) is 17.8 Å². The summed E-state index contributed by atoms with van der Waals surface area (Å²) in [6.07, 6.45) is 5.13. The molecule has 7 heteroatoms. The van der Waals surface area contributed by atoms with Gasteiger partial charge in [0.2, 0.25) is 0 Å². The molecule has 2 rings (SSSR count). The van der Waals surface area contributed by atoms with Crippen molar-refractivity contribution in [2.24, 2.45) is 0 Å². The number of urea groups is 1. The molecule has 0 aliphatic carbocycles. The molecule has 0 spiro atoms. The molecule has 1 aromatic heterocycles. The number of carbonyl (C=O) groups is 1. The molecule has 0 saturated heterocycles. The second-order valence-corrected chi connectivity index (χ2v) is 5.19. The van der Waals surface area contributed by atoms with Crippen molar-refractivity contribution in [1.82, 2.24) is 10.5 Å². The Balaban J connectivity index is 2.08. The van der Waals surface area contributed by atoms with E-state index in [0.29, 0.717) is 17.1 Å². The normalized spacial score (nSPS) is 11.5. The van der Waals surface area contributed by atoms with Crippen LogP contribution in [0.25, 0.3) is 0 Å². The third-order valence-corrected chi connectivity index (χ3v) is 3.37. The lowest BCUT2D eigenvalue weighted by Crippen LogP contribution is -2.31. The molecule has 0 bridgehead atoms. The zero-order valence-corrected chi connectivity index (χ0v) is 13.6. The van der Waals surface area contributed by atoms with Gasteiger partial charge in [-0.1, -0.05) is 11.1 Å². The largest absolute Gasteiger partial charge is 0.479 e. The molecule has 2 N–H and O–H groups in total. The number of aromatic nitrogens is 1. The summed E-state index contributed by atoms with van der Waals surface area (Å²) in [5, 5.41) is 9.25. The van der Waals surface area contributed by atoms with E-state index in [1.165, 1.54) is 12.1 Å². The average Bonchev–Trinajstić information content (AvgIpc) is 2.86. The summed E-state index contributed by atoms with van der Waals surface area (Å²) in [4.78, 5) is 12.2. The van der Waals surface area contributed by atoms with Crippen LogP contribution in [0.3, 0.4) is 0 Å². The number of hydrogen-bond donors (Lipinski definition) is 2. The van der Waals surface area contributed by atoms with Crippen LogP contribution in [0.2, 0.25) is 0 Å². The zero-order valence-electron chi connectivity index (χ0n) is 13.6. The fraction of sp³-hybridized carbons (Fsp3) is 0.294. The van der Waals surface area contributed by atoms with E-state index in [2.05, 4.69) is 21.7 Å². The molecule has 1 atom stereocenters. The molecule has 1 aromatic carbocycles.